The van der Waals surface area contributed by atoms with E-state index in [9.17, 15) is 72.9 Å². The van der Waals surface area contributed by atoms with Gasteiger partial charge in [0.1, 0.15) is 60.1 Å². The molecule has 0 radical (unpaired) electrons. The van der Waals surface area contributed by atoms with Gasteiger partial charge >= 0.3 is 5.97 Å². The Morgan fingerprint density at radius 2 is 1.03 bits per heavy atom. The quantitative estimate of drug-likeness (QED) is 0.00929. The molecule has 0 saturated heterocycles. The normalized spacial score (nSPS) is 15.4. The van der Waals surface area contributed by atoms with Gasteiger partial charge in [0, 0.05) is 49.3 Å². The molecule has 5 rings (SSSR count). The van der Waals surface area contributed by atoms with Crippen LogP contribution in [0.4, 0.5) is 0 Å². The zero-order valence-electron chi connectivity index (χ0n) is 57.8. The Kier molecular flexibility index (Phi) is 35.6. The number of primary amides is 1. The number of carbonyl (C=O) groups excluding carboxylic acids is 11. The summed E-state index contributed by atoms with van der Waals surface area (Å²) in [6, 6.07) is 8.67. The Morgan fingerprint density at radius 3 is 1.58 bits per heavy atom. The maximum atomic E-state index is 15.0. The Labute approximate surface area is 602 Å². The number of aromatic hydroxyl groups is 1. The molecule has 11 amide bonds. The highest BCUT2D eigenvalue weighted by Gasteiger charge is 2.38. The summed E-state index contributed by atoms with van der Waals surface area (Å²) in [6.07, 6.45) is 3.82. The van der Waals surface area contributed by atoms with E-state index in [0.717, 1.165) is 11.8 Å². The molecule has 33 nitrogen and oxygen atoms in total. The number of aliphatic hydroxyl groups is 1. The average molecular weight is 1460 g/mol. The second-order valence-electron chi connectivity index (χ2n) is 25.7. The molecule has 1 aromatic heterocycles. The van der Waals surface area contributed by atoms with Crippen LogP contribution in [0.3, 0.4) is 0 Å². The maximum absolute atomic E-state index is 15.0. The molecule has 26 N–H and O–H groups in total. The summed E-state index contributed by atoms with van der Waals surface area (Å²) in [5.41, 5.74) is 30.6. The van der Waals surface area contributed by atoms with E-state index in [2.05, 4.69) is 76.1 Å². The molecule has 1 heterocycles. The largest absolute Gasteiger partial charge is 0.508 e. The van der Waals surface area contributed by atoms with Crippen LogP contribution in [0.2, 0.25) is 0 Å². The van der Waals surface area contributed by atoms with Crippen molar-refractivity contribution in [2.45, 2.75) is 176 Å². The maximum Gasteiger partial charge on any atom is 0.305 e. The molecular weight excluding hydrogens is 1350 g/mol. The SMILES string of the molecule is C[C@H](CNC(=O)[C@@H](N)CCCCN)C(=O)N[C@@H](CO)C(=O)N[C@@H](Cc1cc2ccccc2[nH]1)C(=O)N[C@@H](CCCCN)C(=O)N[C@@H](Cc1ccc(O)cc1)C(=O)N[C@H](CCCNC(=N)N)C(=O)N[C@H](CS)C(=O)N[C@@H](Cc1ccccc1)C(=O)N[C@H](C(=O)N[C@@H](CC(=O)O)C(N)=O)C1CCCCC1. The molecule has 4 aromatic rings. The summed E-state index contributed by atoms with van der Waals surface area (Å²) in [5.74, 6) is -13.4. The molecule has 11 atom stereocenters. The summed E-state index contributed by atoms with van der Waals surface area (Å²) < 4.78 is 0. The third-order valence-corrected chi connectivity index (χ3v) is 17.8. The second kappa shape index (κ2) is 43.8. The van der Waals surface area contributed by atoms with Crippen LogP contribution in [0.15, 0.2) is 84.9 Å². The predicted molar refractivity (Wildman–Crippen MR) is 385 cm³/mol. The summed E-state index contributed by atoms with van der Waals surface area (Å²) in [4.78, 5) is 170. The van der Waals surface area contributed by atoms with Crippen LogP contribution in [-0.2, 0) is 76.8 Å². The summed E-state index contributed by atoms with van der Waals surface area (Å²) in [7, 11) is 0. The number of aliphatic carboxylic acids is 1. The molecular formula is C69H102N18O15S. The fourth-order valence-electron chi connectivity index (χ4n) is 11.6. The van der Waals surface area contributed by atoms with Gasteiger partial charge in [0.2, 0.25) is 65.0 Å². The molecule has 1 saturated carbocycles. The molecule has 0 aliphatic heterocycles. The van der Waals surface area contributed by atoms with Gasteiger partial charge in [-0.25, -0.2) is 0 Å². The predicted octanol–water partition coefficient (Wildman–Crippen LogP) is -2.67. The van der Waals surface area contributed by atoms with Gasteiger partial charge in [0.25, 0.3) is 0 Å². The molecule has 564 valence electrons. The zero-order valence-corrected chi connectivity index (χ0v) is 58.7. The number of hydrogen-bond acceptors (Lipinski definition) is 19. The number of thiol groups is 1. The number of nitrogens with two attached hydrogens (primary N) is 5. The number of phenolic OH excluding ortho intramolecular Hbond substituents is 1. The molecule has 0 spiro atoms. The van der Waals surface area contributed by atoms with Crippen molar-refractivity contribution in [3.8, 4) is 5.75 Å². The van der Waals surface area contributed by atoms with Crippen molar-refractivity contribution in [3.63, 3.8) is 0 Å². The smallest absolute Gasteiger partial charge is 0.305 e. The molecule has 0 unspecified atom stereocenters. The van der Waals surface area contributed by atoms with Crippen LogP contribution in [-0.4, -0.2) is 196 Å². The Bertz CT molecular complexity index is 3460. The van der Waals surface area contributed by atoms with Crippen molar-refractivity contribution in [2.24, 2.45) is 40.5 Å². The van der Waals surface area contributed by atoms with E-state index in [1.807, 2.05) is 6.07 Å². The number of para-hydroxylation sites is 1. The summed E-state index contributed by atoms with van der Waals surface area (Å²) in [5, 5.41) is 67.5. The number of carbonyl (C=O) groups is 12. The van der Waals surface area contributed by atoms with Gasteiger partial charge in [0.15, 0.2) is 5.96 Å². The number of hydrogen-bond donors (Lipinski definition) is 22. The van der Waals surface area contributed by atoms with Crippen LogP contribution in [0.1, 0.15) is 114 Å². The van der Waals surface area contributed by atoms with E-state index < -0.39 is 162 Å². The van der Waals surface area contributed by atoms with Crippen LogP contribution in [0, 0.1) is 17.2 Å². The number of aromatic amines is 1. The average Bonchev–Trinajstić information content (AvgIpc) is 1.81. The molecule has 1 aliphatic carbocycles. The monoisotopic (exact) mass is 1450 g/mol. The number of amides is 11. The van der Waals surface area contributed by atoms with E-state index in [4.69, 9.17) is 34.1 Å². The number of carboxylic acid groups (broad SMARTS) is 1. The standard InChI is InChI=1S/C69H102N18O15S/c1-39(36-77-60(94)46(72)20-10-12-28-70)59(93)85-54(37-88)66(100)84-53(34-44-33-43-19-8-9-21-47(43)78-44)64(98)79-48(22-11-13-29-71)61(95)82-51(32-41-24-26-45(89)27-25-41)63(97)80-49(23-14-30-76-69(74)75)62(96)86-55(38-103)67(101)83-52(31-40-15-4-2-5-16-40)65(99)87-57(42-17-6-3-7-18-42)68(102)81-50(58(73)92)35-56(90)91/h2,4-5,8-9,15-16,19,21,24-27,33,39,42,46,48-55,57,78,88-89,103H,3,6-7,10-14,17-18,20,22-23,28-32,34-38,70-72H2,1H3,(H2,73,92)(H,77,94)(H,79,98)(H,80,97)(H,81,102)(H,82,95)(H,83,101)(H,84,100)(H,85,93)(H,86,96)(H,87,99)(H,90,91)(H4,74,75,76)/t39-,46+,48+,49-,50+,51+,52+,53+,54+,55-,57+/m1/s1. The fraction of sp³-hybridized carbons (Fsp3) is 0.522. The topological polar surface area (TPSA) is 568 Å². The molecule has 1 aliphatic rings. The number of rotatable bonds is 45. The first-order valence-corrected chi connectivity index (χ1v) is 35.2. The molecule has 0 bridgehead atoms. The van der Waals surface area contributed by atoms with Gasteiger partial charge in [-0.1, -0.05) is 93.3 Å². The lowest BCUT2D eigenvalue weighted by molar-refractivity contribution is -0.141. The van der Waals surface area contributed by atoms with E-state index in [1.54, 1.807) is 54.6 Å². The molecule has 3 aromatic carbocycles. The number of nitrogens with one attached hydrogen (secondary N) is 13. The van der Waals surface area contributed by atoms with E-state index in [1.165, 1.54) is 31.2 Å². The van der Waals surface area contributed by atoms with Gasteiger partial charge in [-0.3, -0.25) is 62.9 Å². The van der Waals surface area contributed by atoms with Crippen molar-refractivity contribution in [3.05, 3.63) is 102 Å². The molecule has 103 heavy (non-hydrogen) atoms. The van der Waals surface area contributed by atoms with E-state index >= 15 is 0 Å². The first kappa shape index (κ1) is 83.8. The lowest BCUT2D eigenvalue weighted by Gasteiger charge is -2.32. The third kappa shape index (κ3) is 28.8. The number of benzene rings is 3. The number of H-pyrrole nitrogens is 1. The molecule has 1 fully saturated rings. The van der Waals surface area contributed by atoms with Crippen molar-refractivity contribution in [1.82, 2.24) is 63.5 Å². The van der Waals surface area contributed by atoms with E-state index in [-0.39, 0.29) is 76.1 Å². The fourth-order valence-corrected chi connectivity index (χ4v) is 11.9. The number of phenols is 1. The van der Waals surface area contributed by atoms with Crippen LogP contribution < -0.4 is 87.2 Å². The number of aliphatic hydroxyl groups excluding tert-OH is 1. The third-order valence-electron chi connectivity index (χ3n) is 17.5. The second-order valence-corrected chi connectivity index (χ2v) is 26.1. The van der Waals surface area contributed by atoms with Crippen molar-refractivity contribution in [2.75, 3.05) is 38.5 Å². The first-order valence-electron chi connectivity index (χ1n) is 34.6. The first-order chi connectivity index (χ1) is 49.2. The minimum absolute atomic E-state index is 0.0199. The number of guanidine groups is 1. The number of aromatic nitrogens is 1. The van der Waals surface area contributed by atoms with Gasteiger partial charge in [-0.2, -0.15) is 12.6 Å². The minimum Gasteiger partial charge on any atom is -0.508 e. The number of fused-ring (bicyclic) bond motifs is 1. The summed E-state index contributed by atoms with van der Waals surface area (Å²) >= 11 is 4.39. The highest BCUT2D eigenvalue weighted by Crippen LogP contribution is 2.27. The van der Waals surface area contributed by atoms with E-state index in [0.29, 0.717) is 80.2 Å². The highest BCUT2D eigenvalue weighted by atomic mass is 32.1. The summed E-state index contributed by atoms with van der Waals surface area (Å²) in [6.45, 7) is 1.02. The Balaban J connectivity index is 1.42. The van der Waals surface area contributed by atoms with Gasteiger partial charge < -0.3 is 107 Å². The van der Waals surface area contributed by atoms with Gasteiger partial charge in [-0.15, -0.1) is 0 Å². The highest BCUT2D eigenvalue weighted by molar-refractivity contribution is 7.80. The number of unbranched alkanes of at least 4 members (excludes halogenated alkanes) is 2. The molecule has 34 heteroatoms. The van der Waals surface area contributed by atoms with Crippen LogP contribution in [0.25, 0.3) is 10.9 Å². The van der Waals surface area contributed by atoms with Crippen molar-refractivity contribution in [1.29, 1.82) is 5.41 Å². The Hall–Kier alpha value is -9.90. The lowest BCUT2D eigenvalue weighted by Crippen LogP contribution is -2.62. The Morgan fingerprint density at radius 1 is 0.544 bits per heavy atom. The van der Waals surface area contributed by atoms with Gasteiger partial charge in [0.05, 0.1) is 25.0 Å². The van der Waals surface area contributed by atoms with Crippen LogP contribution >= 0.6 is 12.6 Å². The van der Waals surface area contributed by atoms with Crippen molar-refractivity contribution < 1.29 is 72.9 Å². The van der Waals surface area contributed by atoms with Gasteiger partial charge in [-0.05, 0) is 118 Å². The minimum atomic E-state index is -1.62. The zero-order chi connectivity index (χ0) is 75.5. The lowest BCUT2D eigenvalue weighted by atomic mass is 9.83. The van der Waals surface area contributed by atoms with Crippen molar-refractivity contribution >= 4 is 100 Å². The number of carboxylic acids is 1. The van der Waals surface area contributed by atoms with Crippen LogP contribution in [0.5, 0.6) is 5.75 Å².